The molecule has 1 unspecified atom stereocenters. The maximum absolute atomic E-state index is 12.4. The monoisotopic (exact) mass is 425 g/mol. The predicted molar refractivity (Wildman–Crippen MR) is 97.9 cm³/mol. The van der Waals surface area contributed by atoms with Gasteiger partial charge in [0.05, 0.1) is 12.3 Å². The van der Waals surface area contributed by atoms with Gasteiger partial charge in [0.15, 0.2) is 9.84 Å². The molecule has 0 saturated carbocycles. The molecule has 3 rings (SSSR count). The summed E-state index contributed by atoms with van der Waals surface area (Å²) in [4.78, 5) is 17.7. The summed E-state index contributed by atoms with van der Waals surface area (Å²) >= 11 is 3.16. The minimum Gasteiger partial charge on any atom is -0.425 e. The Balaban J connectivity index is 2.16. The lowest BCUT2D eigenvalue weighted by molar-refractivity contribution is 0.155. The fourth-order valence-electron chi connectivity index (χ4n) is 2.75. The molecule has 0 amide bonds. The summed E-state index contributed by atoms with van der Waals surface area (Å²) in [6.07, 6.45) is 0. The standard InChI is InChI=1S/C17H16BrNO5S/c1-3-25(21,22)14-10-23-19(12-7-5-4-6-8-12)16(14)13-9-11(2)15(18)17(20)24-13/h3-9,14,16H,1,10H2,2H3/t14?,16-/m0/s1. The molecular weight excluding hydrogens is 410 g/mol. The van der Waals surface area contributed by atoms with Crippen LogP contribution in [0.4, 0.5) is 5.69 Å². The highest BCUT2D eigenvalue weighted by atomic mass is 79.9. The maximum Gasteiger partial charge on any atom is 0.350 e. The van der Waals surface area contributed by atoms with E-state index in [0.29, 0.717) is 15.7 Å². The SMILES string of the molecule is C=CS(=O)(=O)C1CON(c2ccccc2)[C@H]1c1cc(C)c(Br)c(=O)o1. The van der Waals surface area contributed by atoms with Crippen molar-refractivity contribution in [1.82, 2.24) is 0 Å². The van der Waals surface area contributed by atoms with Crippen LogP contribution in [0.2, 0.25) is 0 Å². The van der Waals surface area contributed by atoms with Gasteiger partial charge in [0.2, 0.25) is 0 Å². The molecule has 1 aromatic heterocycles. The Morgan fingerprint density at radius 2 is 2.00 bits per heavy atom. The Bertz CT molecular complexity index is 955. The van der Waals surface area contributed by atoms with Crippen LogP contribution in [-0.2, 0) is 14.7 Å². The number of hydrogen-bond acceptors (Lipinski definition) is 6. The van der Waals surface area contributed by atoms with E-state index in [9.17, 15) is 13.2 Å². The third-order valence-electron chi connectivity index (χ3n) is 4.03. The molecule has 2 aromatic rings. The topological polar surface area (TPSA) is 76.8 Å². The number of rotatable bonds is 4. The average Bonchev–Trinajstić information content (AvgIpc) is 3.06. The molecule has 0 bridgehead atoms. The molecule has 0 spiro atoms. The highest BCUT2D eigenvalue weighted by Gasteiger charge is 2.45. The number of para-hydroxylation sites is 1. The molecule has 2 atom stereocenters. The second kappa shape index (κ2) is 6.78. The van der Waals surface area contributed by atoms with Gasteiger partial charge < -0.3 is 4.42 Å². The van der Waals surface area contributed by atoms with Crippen LogP contribution >= 0.6 is 15.9 Å². The average molecular weight is 426 g/mol. The maximum atomic E-state index is 12.4. The van der Waals surface area contributed by atoms with Gasteiger partial charge in [0.1, 0.15) is 21.5 Å². The lowest BCUT2D eigenvalue weighted by Gasteiger charge is -2.26. The highest BCUT2D eigenvalue weighted by Crippen LogP contribution is 2.39. The zero-order chi connectivity index (χ0) is 18.2. The van der Waals surface area contributed by atoms with Crippen molar-refractivity contribution in [3.63, 3.8) is 0 Å². The molecular formula is C17H16BrNO5S. The summed E-state index contributed by atoms with van der Waals surface area (Å²) in [7, 11) is -3.65. The molecule has 1 aromatic carbocycles. The first-order valence-electron chi connectivity index (χ1n) is 7.49. The lowest BCUT2D eigenvalue weighted by Crippen LogP contribution is -2.32. The minimum absolute atomic E-state index is 0.0628. The van der Waals surface area contributed by atoms with Crippen LogP contribution in [0.1, 0.15) is 17.4 Å². The third-order valence-corrected chi connectivity index (χ3v) is 6.69. The predicted octanol–water partition coefficient (Wildman–Crippen LogP) is 3.13. The normalized spacial score (nSPS) is 20.6. The summed E-state index contributed by atoms with van der Waals surface area (Å²) in [5.41, 5.74) is 0.753. The first-order valence-corrected chi connectivity index (χ1v) is 9.89. The van der Waals surface area contributed by atoms with E-state index >= 15 is 0 Å². The Morgan fingerprint density at radius 3 is 2.60 bits per heavy atom. The molecule has 6 nitrogen and oxygen atoms in total. The second-order valence-corrected chi connectivity index (χ2v) is 8.54. The first-order chi connectivity index (χ1) is 11.8. The van der Waals surface area contributed by atoms with E-state index in [1.54, 1.807) is 25.1 Å². The van der Waals surface area contributed by atoms with Gasteiger partial charge in [-0.2, -0.15) is 0 Å². The zero-order valence-electron chi connectivity index (χ0n) is 13.4. The zero-order valence-corrected chi connectivity index (χ0v) is 15.8. The van der Waals surface area contributed by atoms with Crippen molar-refractivity contribution in [2.45, 2.75) is 18.2 Å². The molecule has 1 fully saturated rings. The number of benzene rings is 1. The van der Waals surface area contributed by atoms with Crippen molar-refractivity contribution in [2.24, 2.45) is 0 Å². The number of hydrogen-bond donors (Lipinski definition) is 0. The molecule has 8 heteroatoms. The van der Waals surface area contributed by atoms with Crippen molar-refractivity contribution in [1.29, 1.82) is 0 Å². The number of sulfone groups is 1. The Kier molecular flexibility index (Phi) is 4.86. The van der Waals surface area contributed by atoms with Crippen LogP contribution < -0.4 is 10.7 Å². The van der Waals surface area contributed by atoms with Gasteiger partial charge in [-0.05, 0) is 46.6 Å². The van der Waals surface area contributed by atoms with Gasteiger partial charge in [0.25, 0.3) is 0 Å². The minimum atomic E-state index is -3.65. The second-order valence-electron chi connectivity index (χ2n) is 5.63. The van der Waals surface area contributed by atoms with E-state index in [1.165, 1.54) is 5.06 Å². The van der Waals surface area contributed by atoms with Crippen LogP contribution in [0.25, 0.3) is 0 Å². The number of nitrogens with zero attached hydrogens (tertiary/aromatic N) is 1. The number of halogens is 1. The van der Waals surface area contributed by atoms with Gasteiger partial charge in [0, 0.05) is 5.41 Å². The molecule has 0 radical (unpaired) electrons. The quantitative estimate of drug-likeness (QED) is 0.748. The van der Waals surface area contributed by atoms with E-state index in [-0.39, 0.29) is 12.4 Å². The van der Waals surface area contributed by atoms with Gasteiger partial charge in [-0.1, -0.05) is 24.8 Å². The van der Waals surface area contributed by atoms with Crippen molar-refractivity contribution < 1.29 is 17.7 Å². The molecule has 2 heterocycles. The molecule has 0 aliphatic carbocycles. The number of hydroxylamine groups is 1. The molecule has 1 aliphatic rings. The largest absolute Gasteiger partial charge is 0.425 e. The van der Waals surface area contributed by atoms with Crippen molar-refractivity contribution in [2.75, 3.05) is 11.7 Å². The van der Waals surface area contributed by atoms with E-state index in [1.807, 2.05) is 18.2 Å². The van der Waals surface area contributed by atoms with Crippen molar-refractivity contribution >= 4 is 31.5 Å². The number of anilines is 1. The van der Waals surface area contributed by atoms with E-state index in [0.717, 1.165) is 5.41 Å². The van der Waals surface area contributed by atoms with Crippen LogP contribution in [0.5, 0.6) is 0 Å². The Hall–Kier alpha value is -1.90. The smallest absolute Gasteiger partial charge is 0.350 e. The molecule has 0 N–H and O–H groups in total. The Morgan fingerprint density at radius 1 is 1.32 bits per heavy atom. The lowest BCUT2D eigenvalue weighted by atomic mass is 10.1. The van der Waals surface area contributed by atoms with E-state index < -0.39 is 26.8 Å². The van der Waals surface area contributed by atoms with Crippen LogP contribution in [0.15, 0.2) is 62.1 Å². The van der Waals surface area contributed by atoms with Crippen LogP contribution in [0, 0.1) is 6.92 Å². The first kappa shape index (κ1) is 17.9. The van der Waals surface area contributed by atoms with Gasteiger partial charge >= 0.3 is 5.63 Å². The van der Waals surface area contributed by atoms with Gasteiger partial charge in [-0.15, -0.1) is 0 Å². The van der Waals surface area contributed by atoms with Crippen LogP contribution in [0.3, 0.4) is 0 Å². The molecule has 1 aliphatic heterocycles. The van der Waals surface area contributed by atoms with Crippen LogP contribution in [-0.4, -0.2) is 20.3 Å². The summed E-state index contributed by atoms with van der Waals surface area (Å²) < 4.78 is 30.6. The summed E-state index contributed by atoms with van der Waals surface area (Å²) in [6.45, 7) is 5.07. The van der Waals surface area contributed by atoms with Crippen molar-refractivity contribution in [3.05, 3.63) is 74.6 Å². The number of aryl methyl sites for hydroxylation is 1. The fourth-order valence-corrected chi connectivity index (χ4v) is 4.05. The van der Waals surface area contributed by atoms with Gasteiger partial charge in [-0.25, -0.2) is 18.3 Å². The molecule has 1 saturated heterocycles. The van der Waals surface area contributed by atoms with E-state index in [4.69, 9.17) is 9.25 Å². The van der Waals surface area contributed by atoms with E-state index in [2.05, 4.69) is 22.5 Å². The summed E-state index contributed by atoms with van der Waals surface area (Å²) in [5.74, 6) is 0.225. The summed E-state index contributed by atoms with van der Waals surface area (Å²) in [6, 6.07) is 9.90. The highest BCUT2D eigenvalue weighted by molar-refractivity contribution is 9.10. The van der Waals surface area contributed by atoms with Crippen molar-refractivity contribution in [3.8, 4) is 0 Å². The van der Waals surface area contributed by atoms with Gasteiger partial charge in [-0.3, -0.25) is 4.84 Å². The third kappa shape index (κ3) is 3.29. The Labute approximate surface area is 153 Å². The molecule has 25 heavy (non-hydrogen) atoms. The fraction of sp³-hybridized carbons (Fsp3) is 0.235. The summed E-state index contributed by atoms with van der Waals surface area (Å²) in [5, 5.41) is 1.44. The molecule has 132 valence electrons.